The highest BCUT2D eigenvalue weighted by atomic mass is 16.2. The summed E-state index contributed by atoms with van der Waals surface area (Å²) >= 11 is 0. The van der Waals surface area contributed by atoms with E-state index in [9.17, 15) is 9.59 Å². The molecule has 1 fully saturated rings. The van der Waals surface area contributed by atoms with Gasteiger partial charge in [-0.25, -0.2) is 4.79 Å². The van der Waals surface area contributed by atoms with Crippen molar-refractivity contribution in [3.05, 3.63) is 35.9 Å². The number of rotatable bonds is 3. The van der Waals surface area contributed by atoms with E-state index in [4.69, 9.17) is 5.73 Å². The van der Waals surface area contributed by atoms with Crippen molar-refractivity contribution in [1.29, 1.82) is 0 Å². The summed E-state index contributed by atoms with van der Waals surface area (Å²) in [5.41, 5.74) is 5.94. The maximum atomic E-state index is 12.5. The third-order valence-electron chi connectivity index (χ3n) is 3.33. The largest absolute Gasteiger partial charge is 0.352 e. The van der Waals surface area contributed by atoms with Gasteiger partial charge in [-0.15, -0.1) is 0 Å². The molecule has 2 rings (SSSR count). The Kier molecular flexibility index (Phi) is 4.39. The summed E-state index contributed by atoms with van der Waals surface area (Å²) in [6.45, 7) is 1.51. The van der Waals surface area contributed by atoms with Crippen LogP contribution in [0, 0.1) is 0 Å². The quantitative estimate of drug-likeness (QED) is 0.863. The number of carbonyl (C=O) groups excluding carboxylic acids is 2. The van der Waals surface area contributed by atoms with Crippen LogP contribution in [0.2, 0.25) is 0 Å². The number of benzene rings is 1. The van der Waals surface area contributed by atoms with E-state index in [0.29, 0.717) is 0 Å². The van der Waals surface area contributed by atoms with Gasteiger partial charge in [0.05, 0.1) is 0 Å². The average molecular weight is 261 g/mol. The normalized spacial score (nSPS) is 16.7. The molecule has 5 heteroatoms. The zero-order valence-electron chi connectivity index (χ0n) is 10.8. The van der Waals surface area contributed by atoms with Crippen molar-refractivity contribution in [1.82, 2.24) is 10.2 Å². The van der Waals surface area contributed by atoms with Gasteiger partial charge in [-0.2, -0.15) is 0 Å². The number of hydrogen-bond acceptors (Lipinski definition) is 2. The summed E-state index contributed by atoms with van der Waals surface area (Å²) in [5, 5.41) is 2.54. The summed E-state index contributed by atoms with van der Waals surface area (Å²) in [5.74, 6) is -0.0790. The van der Waals surface area contributed by atoms with Crippen molar-refractivity contribution in [2.45, 2.75) is 25.3 Å². The molecule has 102 valence electrons. The molecule has 1 saturated heterocycles. The predicted molar refractivity (Wildman–Crippen MR) is 72.3 cm³/mol. The van der Waals surface area contributed by atoms with E-state index in [2.05, 4.69) is 5.32 Å². The van der Waals surface area contributed by atoms with E-state index in [1.54, 1.807) is 4.90 Å². The first-order valence-electron chi connectivity index (χ1n) is 6.58. The second-order valence-corrected chi connectivity index (χ2v) is 4.74. The lowest BCUT2D eigenvalue weighted by atomic mass is 10.0. The molecule has 1 heterocycles. The van der Waals surface area contributed by atoms with Crippen LogP contribution in [0.1, 0.15) is 30.9 Å². The molecule has 1 aromatic rings. The summed E-state index contributed by atoms with van der Waals surface area (Å²) in [6.07, 6.45) is 3.19. The molecule has 3 N–H and O–H groups in total. The molecular formula is C14H19N3O2. The van der Waals surface area contributed by atoms with Crippen LogP contribution in [0.5, 0.6) is 0 Å². The van der Waals surface area contributed by atoms with Gasteiger partial charge in [0.2, 0.25) is 5.91 Å². The molecule has 0 aromatic heterocycles. The molecule has 0 saturated carbocycles. The van der Waals surface area contributed by atoms with Crippen LogP contribution in [0.4, 0.5) is 4.79 Å². The standard InChI is InChI=1S/C14H19N3O2/c15-14(19)16-12(11-7-3-1-4-8-11)13(18)17-9-5-2-6-10-17/h1,3-4,7-8,12H,2,5-6,9-10H2,(H3,15,16,19). The highest BCUT2D eigenvalue weighted by Gasteiger charge is 2.27. The lowest BCUT2D eigenvalue weighted by molar-refractivity contribution is -0.134. The van der Waals surface area contributed by atoms with Crippen LogP contribution in [0.15, 0.2) is 30.3 Å². The lowest BCUT2D eigenvalue weighted by Gasteiger charge is -2.30. The second kappa shape index (κ2) is 6.22. The van der Waals surface area contributed by atoms with Crippen molar-refractivity contribution in [3.8, 4) is 0 Å². The van der Waals surface area contributed by atoms with Crippen molar-refractivity contribution in [2.24, 2.45) is 5.73 Å². The number of nitrogens with zero attached hydrogens (tertiary/aromatic N) is 1. The Balaban J connectivity index is 2.17. The van der Waals surface area contributed by atoms with Crippen molar-refractivity contribution >= 4 is 11.9 Å². The van der Waals surface area contributed by atoms with Crippen LogP contribution in [0.3, 0.4) is 0 Å². The number of carbonyl (C=O) groups is 2. The summed E-state index contributed by atoms with van der Waals surface area (Å²) in [6, 6.07) is 7.83. The van der Waals surface area contributed by atoms with E-state index in [1.807, 2.05) is 30.3 Å². The van der Waals surface area contributed by atoms with Crippen LogP contribution in [0.25, 0.3) is 0 Å². The first-order chi connectivity index (χ1) is 9.18. The minimum absolute atomic E-state index is 0.0790. The summed E-state index contributed by atoms with van der Waals surface area (Å²) in [7, 11) is 0. The van der Waals surface area contributed by atoms with Gasteiger partial charge < -0.3 is 16.0 Å². The highest BCUT2D eigenvalue weighted by molar-refractivity contribution is 5.87. The van der Waals surface area contributed by atoms with Crippen molar-refractivity contribution in [2.75, 3.05) is 13.1 Å². The zero-order valence-corrected chi connectivity index (χ0v) is 10.8. The van der Waals surface area contributed by atoms with E-state index in [-0.39, 0.29) is 5.91 Å². The third-order valence-corrected chi connectivity index (χ3v) is 3.33. The molecule has 5 nitrogen and oxygen atoms in total. The fourth-order valence-corrected chi connectivity index (χ4v) is 2.37. The zero-order chi connectivity index (χ0) is 13.7. The fraction of sp³-hybridized carbons (Fsp3) is 0.429. The molecule has 3 amide bonds. The van der Waals surface area contributed by atoms with Crippen molar-refractivity contribution < 1.29 is 9.59 Å². The van der Waals surface area contributed by atoms with Gasteiger partial charge in [-0.05, 0) is 24.8 Å². The molecule has 19 heavy (non-hydrogen) atoms. The Bertz CT molecular complexity index is 441. The molecular weight excluding hydrogens is 242 g/mol. The Labute approximate surface area is 112 Å². The molecule has 1 atom stereocenters. The van der Waals surface area contributed by atoms with Gasteiger partial charge in [0.25, 0.3) is 0 Å². The monoisotopic (exact) mass is 261 g/mol. The fourth-order valence-electron chi connectivity index (χ4n) is 2.37. The van der Waals surface area contributed by atoms with E-state index in [1.165, 1.54) is 0 Å². The third kappa shape index (κ3) is 3.47. The van der Waals surface area contributed by atoms with Gasteiger partial charge >= 0.3 is 6.03 Å². The Morgan fingerprint density at radius 3 is 2.32 bits per heavy atom. The lowest BCUT2D eigenvalue weighted by Crippen LogP contribution is -2.46. The number of hydrogen-bond donors (Lipinski definition) is 2. The van der Waals surface area contributed by atoms with Crippen LogP contribution >= 0.6 is 0 Å². The maximum Gasteiger partial charge on any atom is 0.313 e. The summed E-state index contributed by atoms with van der Waals surface area (Å²) in [4.78, 5) is 25.4. The van der Waals surface area contributed by atoms with Crippen LogP contribution < -0.4 is 11.1 Å². The first kappa shape index (κ1) is 13.4. The van der Waals surface area contributed by atoms with Crippen LogP contribution in [-0.2, 0) is 4.79 Å². The highest BCUT2D eigenvalue weighted by Crippen LogP contribution is 2.18. The van der Waals surface area contributed by atoms with Gasteiger partial charge in [0.15, 0.2) is 0 Å². The molecule has 0 bridgehead atoms. The number of nitrogens with two attached hydrogens (primary N) is 1. The minimum atomic E-state index is -0.684. The van der Waals surface area contributed by atoms with E-state index >= 15 is 0 Å². The van der Waals surface area contributed by atoms with Gasteiger partial charge in [-0.3, -0.25) is 4.79 Å². The first-order valence-corrected chi connectivity index (χ1v) is 6.58. The number of likely N-dealkylation sites (tertiary alicyclic amines) is 1. The van der Waals surface area contributed by atoms with E-state index < -0.39 is 12.1 Å². The molecule has 0 radical (unpaired) electrons. The topological polar surface area (TPSA) is 75.4 Å². The predicted octanol–water partition coefficient (Wildman–Crippen LogP) is 1.41. The van der Waals surface area contributed by atoms with Gasteiger partial charge in [-0.1, -0.05) is 30.3 Å². The van der Waals surface area contributed by atoms with Gasteiger partial charge in [0, 0.05) is 13.1 Å². The molecule has 1 aliphatic heterocycles. The molecule has 1 aliphatic rings. The summed E-state index contributed by atoms with van der Waals surface area (Å²) < 4.78 is 0. The number of nitrogens with one attached hydrogen (secondary N) is 1. The molecule has 1 unspecified atom stereocenters. The average Bonchev–Trinajstić information content (AvgIpc) is 2.46. The molecule has 0 aliphatic carbocycles. The van der Waals surface area contributed by atoms with Crippen LogP contribution in [-0.4, -0.2) is 29.9 Å². The molecule has 0 spiro atoms. The van der Waals surface area contributed by atoms with Gasteiger partial charge in [0.1, 0.15) is 6.04 Å². The minimum Gasteiger partial charge on any atom is -0.352 e. The molecule has 1 aromatic carbocycles. The maximum absolute atomic E-state index is 12.5. The Morgan fingerprint density at radius 1 is 1.11 bits per heavy atom. The van der Waals surface area contributed by atoms with Crippen molar-refractivity contribution in [3.63, 3.8) is 0 Å². The number of urea groups is 1. The SMILES string of the molecule is NC(=O)NC(C(=O)N1CCCCC1)c1ccccc1. The Hall–Kier alpha value is -2.04. The van der Waals surface area contributed by atoms with E-state index in [0.717, 1.165) is 37.9 Å². The smallest absolute Gasteiger partial charge is 0.313 e. The number of primary amides is 1. The second-order valence-electron chi connectivity index (χ2n) is 4.74. The number of amides is 3. The Morgan fingerprint density at radius 2 is 1.74 bits per heavy atom. The number of piperidine rings is 1.